The summed E-state index contributed by atoms with van der Waals surface area (Å²) in [6.07, 6.45) is -9.63. The van der Waals surface area contributed by atoms with Gasteiger partial charge in [0.2, 0.25) is 11.8 Å². The minimum atomic E-state index is -4.81. The summed E-state index contributed by atoms with van der Waals surface area (Å²) in [5.74, 6) is -3.34. The molecule has 0 aromatic heterocycles. The summed E-state index contributed by atoms with van der Waals surface area (Å²) < 4.78 is 96.4. The van der Waals surface area contributed by atoms with Crippen molar-refractivity contribution in [1.82, 2.24) is 20.4 Å². The summed E-state index contributed by atoms with van der Waals surface area (Å²) in [4.78, 5) is 98.8. The van der Waals surface area contributed by atoms with Gasteiger partial charge in [-0.1, -0.05) is 97.1 Å². The first-order valence-corrected chi connectivity index (χ1v) is 27.6. The molecule has 8 rings (SSSR count). The Kier molecular flexibility index (Phi) is 21.7. The fraction of sp³-hybridized carbons (Fsp3) is 0.246. The molecule has 19 nitrogen and oxygen atoms in total. The van der Waals surface area contributed by atoms with Gasteiger partial charge in [-0.05, 0) is 96.8 Å². The topological polar surface area (TPSA) is 246 Å². The second kappa shape index (κ2) is 29.3. The molecule has 0 bridgehead atoms. The van der Waals surface area contributed by atoms with Gasteiger partial charge in [-0.3, -0.25) is 19.4 Å². The lowest BCUT2D eigenvalue weighted by atomic mass is 9.92. The van der Waals surface area contributed by atoms with E-state index in [1.165, 1.54) is 74.5 Å². The average Bonchev–Trinajstić information content (AvgIpc) is 0.785. The molecule has 0 saturated heterocycles. The van der Waals surface area contributed by atoms with Gasteiger partial charge in [-0.25, -0.2) is 19.2 Å². The number of nitrogens with one attached hydrogen (secondary N) is 2. The summed E-state index contributed by atoms with van der Waals surface area (Å²) >= 11 is 0. The molecule has 0 aliphatic carbocycles. The number of carboxylic acid groups (broad SMARTS) is 1. The van der Waals surface area contributed by atoms with Crippen LogP contribution in [0.2, 0.25) is 0 Å². The second-order valence-corrected chi connectivity index (χ2v) is 21.2. The Morgan fingerprint density at radius 2 is 0.911 bits per heavy atom. The Morgan fingerprint density at radius 3 is 1.23 bits per heavy atom. The van der Waals surface area contributed by atoms with Crippen LogP contribution in [0.25, 0.3) is 0 Å². The van der Waals surface area contributed by atoms with Crippen LogP contribution in [-0.4, -0.2) is 110 Å². The lowest BCUT2D eigenvalue weighted by Gasteiger charge is -2.42. The van der Waals surface area contributed by atoms with E-state index in [9.17, 15) is 65.6 Å². The van der Waals surface area contributed by atoms with E-state index >= 15 is 0 Å². The highest BCUT2D eigenvalue weighted by molar-refractivity contribution is 6.06. The van der Waals surface area contributed by atoms with Crippen molar-refractivity contribution in [3.8, 4) is 12.1 Å². The first-order chi connectivity index (χ1) is 42.8. The van der Waals surface area contributed by atoms with Crippen LogP contribution in [0.3, 0.4) is 0 Å². The number of amides is 6. The number of likely N-dealkylation sites (N-methyl/N-ethyl adjacent to an activating group) is 1. The highest BCUT2D eigenvalue weighted by atomic mass is 19.4. The van der Waals surface area contributed by atoms with Crippen LogP contribution in [0.4, 0.5) is 47.3 Å². The summed E-state index contributed by atoms with van der Waals surface area (Å²) in [6.45, 7) is 0.721. The largest absolute Gasteiger partial charge is 0.554 e. The Bertz CT molecular complexity index is 3530. The minimum Gasteiger partial charge on any atom is -0.554 e. The highest BCUT2D eigenvalue weighted by Gasteiger charge is 2.46. The fourth-order valence-corrected chi connectivity index (χ4v) is 10.1. The van der Waals surface area contributed by atoms with Crippen molar-refractivity contribution in [2.24, 2.45) is 0 Å². The SMILES string of the molecule is CC1=C(C(=O)OCc2ccccc2)[C@@H](c2ccc(C#N)cc2)N(CC(=O)NCC[N+](C)(C)CCNC(=O)CN2C(=O)N(c3cccc(C(F)(F)F)c3)C(C)=C(C(=O)OCc3ccccc3)[C@H]2c2ccc(C#N)cc2)C(=O)N1c1cccc(C(F)(F)F)c1.O=C[O-]. The van der Waals surface area contributed by atoms with E-state index in [2.05, 4.69) is 10.6 Å². The van der Waals surface area contributed by atoms with Crippen LogP contribution in [0.15, 0.2) is 180 Å². The van der Waals surface area contributed by atoms with Gasteiger partial charge < -0.3 is 44.3 Å². The maximum Gasteiger partial charge on any atom is 0.416 e. The average molecular weight is 1240 g/mol. The van der Waals surface area contributed by atoms with E-state index < -0.39 is 90.9 Å². The predicted octanol–water partition coefficient (Wildman–Crippen LogP) is 8.84. The van der Waals surface area contributed by atoms with Gasteiger partial charge in [0, 0.05) is 17.9 Å². The van der Waals surface area contributed by atoms with Gasteiger partial charge in [-0.2, -0.15) is 36.9 Å². The standard InChI is InChI=1S/C64H57F6N9O8.CH2O2/c1-41-55(59(82)86-39-45-13-7-5-8-14-45)57(47-25-21-43(35-71)22-26-47)75(61(84)77(41)51-19-11-17-49(33-51)63(65,66)67)37-53(80)73-29-31-79(3,4)32-30-74-54(81)38-76-58(48-27-23-44(36-72)24-28-48)56(60(83)87-40-46-15-9-6-10-16-46)42(2)78(62(76)85)52-20-12-18-50(34-52)64(68,69)70;2-1-3/h5-28,33-34,57-58H,29-32,37-40H2,1-4H3,(H-,73,74,80,81);1H,(H,2,3)/t57-,58-;/m1./s1. The number of hydrogen-bond donors (Lipinski definition) is 2. The molecule has 2 N–H and O–H groups in total. The van der Waals surface area contributed by atoms with Crippen LogP contribution in [0, 0.1) is 22.7 Å². The molecular weight excluding hydrogens is 1180 g/mol. The molecular formula is C65H59F6N9O10. The van der Waals surface area contributed by atoms with Crippen LogP contribution in [0.1, 0.15) is 70.4 Å². The van der Waals surface area contributed by atoms with E-state index in [0.717, 1.165) is 56.0 Å². The molecule has 0 fully saturated rings. The zero-order valence-electron chi connectivity index (χ0n) is 48.9. The second-order valence-electron chi connectivity index (χ2n) is 21.2. The minimum absolute atomic E-state index is 0.0315. The Hall–Kier alpha value is -10.8. The van der Waals surface area contributed by atoms with Crippen LogP contribution < -0.4 is 25.5 Å². The molecule has 0 radical (unpaired) electrons. The van der Waals surface area contributed by atoms with Crippen LogP contribution in [-0.2, 0) is 59.0 Å². The molecule has 0 unspecified atom stereocenters. The van der Waals surface area contributed by atoms with E-state index in [1.807, 2.05) is 12.1 Å². The molecule has 2 atom stereocenters. The van der Waals surface area contributed by atoms with Gasteiger partial charge in [-0.15, -0.1) is 0 Å². The van der Waals surface area contributed by atoms with E-state index in [4.69, 9.17) is 19.4 Å². The van der Waals surface area contributed by atoms with Crippen molar-refractivity contribution in [3.05, 3.63) is 225 Å². The van der Waals surface area contributed by atoms with Crippen molar-refractivity contribution in [2.75, 3.05) is 63.2 Å². The number of carbonyl (C=O) groups excluding carboxylic acids is 7. The zero-order valence-corrected chi connectivity index (χ0v) is 48.9. The monoisotopic (exact) mass is 1240 g/mol. The number of quaternary nitrogens is 1. The molecule has 2 aliphatic rings. The van der Waals surface area contributed by atoms with Crippen molar-refractivity contribution in [2.45, 2.75) is 51.5 Å². The van der Waals surface area contributed by atoms with Gasteiger partial charge in [0.25, 0.3) is 0 Å². The first kappa shape index (κ1) is 66.7. The third kappa shape index (κ3) is 16.4. The number of allylic oxidation sites excluding steroid dienone is 2. The first-order valence-electron chi connectivity index (χ1n) is 27.6. The molecule has 466 valence electrons. The number of urea groups is 2. The molecule has 0 saturated carbocycles. The van der Waals surface area contributed by atoms with Gasteiger partial charge >= 0.3 is 36.4 Å². The smallest absolute Gasteiger partial charge is 0.416 e. The van der Waals surface area contributed by atoms with E-state index in [0.29, 0.717) is 11.1 Å². The number of benzene rings is 6. The van der Waals surface area contributed by atoms with Crippen LogP contribution in [0.5, 0.6) is 0 Å². The normalized spacial score (nSPS) is 15.2. The van der Waals surface area contributed by atoms with Crippen molar-refractivity contribution in [1.29, 1.82) is 10.5 Å². The zero-order chi connectivity index (χ0) is 65.5. The number of nitrogens with zero attached hydrogens (tertiary/aromatic N) is 7. The molecule has 25 heteroatoms. The summed E-state index contributed by atoms with van der Waals surface area (Å²) in [6, 6.07) is 36.3. The Labute approximate surface area is 513 Å². The van der Waals surface area contributed by atoms with Gasteiger partial charge in [0.15, 0.2) is 0 Å². The molecule has 2 heterocycles. The molecule has 0 spiro atoms. The number of ether oxygens (including phenoxy) is 2. The highest BCUT2D eigenvalue weighted by Crippen LogP contribution is 2.44. The number of anilines is 2. The van der Waals surface area contributed by atoms with Gasteiger partial charge in [0.1, 0.15) is 26.3 Å². The number of nitriles is 2. The van der Waals surface area contributed by atoms with Crippen LogP contribution >= 0.6 is 0 Å². The Balaban J connectivity index is 0.00000376. The third-order valence-corrected chi connectivity index (χ3v) is 14.6. The maximum atomic E-state index is 14.8. The van der Waals surface area contributed by atoms with E-state index in [-0.39, 0.29) is 100 Å². The number of carbonyl (C=O) groups is 7. The quantitative estimate of drug-likeness (QED) is 0.0315. The number of esters is 2. The number of alkyl halides is 6. The van der Waals surface area contributed by atoms with Gasteiger partial charge in [0.05, 0.1) is 109 Å². The van der Waals surface area contributed by atoms with Crippen molar-refractivity contribution >= 4 is 53.7 Å². The molecule has 2 aliphatic heterocycles. The van der Waals surface area contributed by atoms with Crippen molar-refractivity contribution in [3.63, 3.8) is 0 Å². The lowest BCUT2D eigenvalue weighted by Crippen LogP contribution is -2.55. The Morgan fingerprint density at radius 1 is 0.567 bits per heavy atom. The maximum absolute atomic E-state index is 14.8. The molecule has 6 aromatic rings. The lowest BCUT2D eigenvalue weighted by molar-refractivity contribution is -0.887. The predicted molar refractivity (Wildman–Crippen MR) is 312 cm³/mol. The molecule has 90 heavy (non-hydrogen) atoms. The number of hydrogen-bond acceptors (Lipinski definition) is 12. The fourth-order valence-electron chi connectivity index (χ4n) is 10.1. The number of rotatable bonds is 20. The summed E-state index contributed by atoms with van der Waals surface area (Å²) in [5.41, 5.74) is -0.911. The van der Waals surface area contributed by atoms with Crippen molar-refractivity contribution < 1.29 is 79.0 Å². The third-order valence-electron chi connectivity index (χ3n) is 14.6. The molecule has 6 aromatic carbocycles. The number of halogens is 6. The summed E-state index contributed by atoms with van der Waals surface area (Å²) in [5, 5.41) is 33.0. The summed E-state index contributed by atoms with van der Waals surface area (Å²) in [7, 11) is 3.56. The molecule has 6 amide bonds. The van der Waals surface area contributed by atoms with E-state index in [1.54, 1.807) is 74.8 Å².